The van der Waals surface area contributed by atoms with Crippen molar-refractivity contribution in [3.63, 3.8) is 0 Å². The number of rotatable bonds is 7. The van der Waals surface area contributed by atoms with E-state index in [-0.39, 0.29) is 24.0 Å². The molecule has 0 aliphatic rings. The van der Waals surface area contributed by atoms with Crippen molar-refractivity contribution in [2.75, 3.05) is 20.2 Å². The number of halogens is 2. The molecule has 0 bridgehead atoms. The van der Waals surface area contributed by atoms with Gasteiger partial charge in [0.25, 0.3) is 0 Å². The van der Waals surface area contributed by atoms with Crippen LogP contribution in [-0.2, 0) is 13.0 Å². The van der Waals surface area contributed by atoms with E-state index in [1.807, 2.05) is 31.2 Å². The van der Waals surface area contributed by atoms with E-state index in [0.717, 1.165) is 36.7 Å². The quantitative estimate of drug-likeness (QED) is 0.279. The van der Waals surface area contributed by atoms with Gasteiger partial charge in [-0.1, -0.05) is 23.7 Å². The predicted molar refractivity (Wildman–Crippen MR) is 112 cm³/mol. The highest BCUT2D eigenvalue weighted by atomic mass is 127. The van der Waals surface area contributed by atoms with Crippen molar-refractivity contribution in [1.82, 2.24) is 20.6 Å². The van der Waals surface area contributed by atoms with Crippen LogP contribution < -0.4 is 15.4 Å². The monoisotopic (exact) mass is 475 g/mol. The van der Waals surface area contributed by atoms with Crippen molar-refractivity contribution in [3.05, 3.63) is 52.9 Å². The molecular formula is C17H23ClIN5O. The first-order valence-electron chi connectivity index (χ1n) is 7.83. The number of nitrogens with one attached hydrogen (secondary N) is 2. The molecule has 0 saturated heterocycles. The Morgan fingerprint density at radius 1 is 1.24 bits per heavy atom. The molecular weight excluding hydrogens is 453 g/mol. The normalized spacial score (nSPS) is 10.8. The zero-order valence-corrected chi connectivity index (χ0v) is 17.4. The van der Waals surface area contributed by atoms with Crippen LogP contribution in [-0.4, -0.2) is 36.1 Å². The van der Waals surface area contributed by atoms with Crippen molar-refractivity contribution in [2.45, 2.75) is 19.9 Å². The Bertz CT molecular complexity index is 666. The van der Waals surface area contributed by atoms with E-state index < -0.39 is 0 Å². The molecule has 0 saturated carbocycles. The van der Waals surface area contributed by atoms with Crippen LogP contribution in [0.25, 0.3) is 0 Å². The first kappa shape index (κ1) is 21.4. The average molecular weight is 476 g/mol. The summed E-state index contributed by atoms with van der Waals surface area (Å²) in [5.41, 5.74) is 1.98. The Labute approximate surface area is 170 Å². The molecule has 0 aliphatic heterocycles. The molecule has 0 aliphatic carbocycles. The van der Waals surface area contributed by atoms with Crippen LogP contribution in [0.15, 0.2) is 41.5 Å². The topological polar surface area (TPSA) is 71.4 Å². The summed E-state index contributed by atoms with van der Waals surface area (Å²) in [6.45, 7) is 4.06. The largest absolute Gasteiger partial charge is 0.481 e. The number of hydrogen-bond donors (Lipinski definition) is 2. The van der Waals surface area contributed by atoms with Gasteiger partial charge in [0.1, 0.15) is 5.15 Å². The van der Waals surface area contributed by atoms with Crippen molar-refractivity contribution in [2.24, 2.45) is 4.99 Å². The van der Waals surface area contributed by atoms with Gasteiger partial charge in [0, 0.05) is 25.4 Å². The third-order valence-corrected chi connectivity index (χ3v) is 3.45. The second kappa shape index (κ2) is 11.9. The van der Waals surface area contributed by atoms with Gasteiger partial charge in [-0.25, -0.2) is 15.0 Å². The molecule has 8 heteroatoms. The van der Waals surface area contributed by atoms with Gasteiger partial charge >= 0.3 is 0 Å². The summed E-state index contributed by atoms with van der Waals surface area (Å²) < 4.78 is 5.13. The van der Waals surface area contributed by atoms with Crippen LogP contribution in [0.5, 0.6) is 5.88 Å². The number of methoxy groups -OCH3 is 1. The molecule has 2 rings (SSSR count). The molecule has 25 heavy (non-hydrogen) atoms. The average Bonchev–Trinajstić information content (AvgIpc) is 2.61. The predicted octanol–water partition coefficient (Wildman–Crippen LogP) is 3.05. The number of pyridine rings is 2. The van der Waals surface area contributed by atoms with Crippen LogP contribution in [0.3, 0.4) is 0 Å². The summed E-state index contributed by atoms with van der Waals surface area (Å²) in [6.07, 6.45) is 2.63. The van der Waals surface area contributed by atoms with Crippen molar-refractivity contribution in [1.29, 1.82) is 0 Å². The first-order chi connectivity index (χ1) is 11.7. The fourth-order valence-electron chi connectivity index (χ4n) is 2.04. The molecule has 0 atom stereocenters. The van der Waals surface area contributed by atoms with E-state index in [1.165, 1.54) is 0 Å². The maximum absolute atomic E-state index is 5.79. The lowest BCUT2D eigenvalue weighted by molar-refractivity contribution is 0.396. The van der Waals surface area contributed by atoms with Gasteiger partial charge in [-0.3, -0.25) is 0 Å². The minimum absolute atomic E-state index is 0. The SMILES string of the molecule is CCNC(=NCc1cccc(OC)n1)NCCc1ccc(Cl)nc1.I. The molecule has 2 aromatic rings. The highest BCUT2D eigenvalue weighted by Gasteiger charge is 2.01. The minimum atomic E-state index is 0. The van der Waals surface area contributed by atoms with Gasteiger partial charge in [-0.2, -0.15) is 0 Å². The van der Waals surface area contributed by atoms with Crippen LogP contribution in [0, 0.1) is 0 Å². The van der Waals surface area contributed by atoms with E-state index in [1.54, 1.807) is 19.4 Å². The van der Waals surface area contributed by atoms with Crippen LogP contribution in [0.1, 0.15) is 18.2 Å². The van der Waals surface area contributed by atoms with Gasteiger partial charge in [-0.15, -0.1) is 24.0 Å². The fraction of sp³-hybridized carbons (Fsp3) is 0.353. The van der Waals surface area contributed by atoms with Crippen molar-refractivity contribution < 1.29 is 4.74 Å². The number of hydrogen-bond acceptors (Lipinski definition) is 4. The minimum Gasteiger partial charge on any atom is -0.481 e. The molecule has 0 unspecified atom stereocenters. The third-order valence-electron chi connectivity index (χ3n) is 3.23. The smallest absolute Gasteiger partial charge is 0.213 e. The molecule has 2 N–H and O–H groups in total. The number of ether oxygens (including phenoxy) is 1. The van der Waals surface area contributed by atoms with E-state index in [0.29, 0.717) is 17.6 Å². The Morgan fingerprint density at radius 2 is 2.08 bits per heavy atom. The Balaban J connectivity index is 0.00000312. The summed E-state index contributed by atoms with van der Waals surface area (Å²) in [5, 5.41) is 7.03. The first-order valence-corrected chi connectivity index (χ1v) is 8.21. The molecule has 0 radical (unpaired) electrons. The van der Waals surface area contributed by atoms with Gasteiger partial charge in [0.05, 0.1) is 19.3 Å². The number of aromatic nitrogens is 2. The van der Waals surface area contributed by atoms with Gasteiger partial charge in [0.2, 0.25) is 5.88 Å². The van der Waals surface area contributed by atoms with Crippen molar-refractivity contribution >= 4 is 41.5 Å². The second-order valence-corrected chi connectivity index (χ2v) is 5.42. The molecule has 0 fully saturated rings. The Hall–Kier alpha value is -1.61. The van der Waals surface area contributed by atoms with E-state index >= 15 is 0 Å². The molecule has 2 aromatic heterocycles. The maximum atomic E-state index is 5.79. The molecule has 6 nitrogen and oxygen atoms in total. The number of aliphatic imine (C=N–C) groups is 1. The van der Waals surface area contributed by atoms with Gasteiger partial charge in [0.15, 0.2) is 5.96 Å². The van der Waals surface area contributed by atoms with Gasteiger partial charge < -0.3 is 15.4 Å². The third kappa shape index (κ3) is 7.87. The fourth-order valence-corrected chi connectivity index (χ4v) is 2.15. The van der Waals surface area contributed by atoms with E-state index in [9.17, 15) is 0 Å². The zero-order chi connectivity index (χ0) is 17.2. The van der Waals surface area contributed by atoms with Gasteiger partial charge in [-0.05, 0) is 31.0 Å². The van der Waals surface area contributed by atoms with E-state index in [2.05, 4.69) is 25.6 Å². The molecule has 0 aromatic carbocycles. The lowest BCUT2D eigenvalue weighted by Crippen LogP contribution is -2.38. The summed E-state index contributed by atoms with van der Waals surface area (Å²) >= 11 is 5.79. The van der Waals surface area contributed by atoms with Crippen LogP contribution in [0.4, 0.5) is 0 Å². The number of nitrogens with zero attached hydrogens (tertiary/aromatic N) is 3. The molecule has 136 valence electrons. The van der Waals surface area contributed by atoms with E-state index in [4.69, 9.17) is 16.3 Å². The lowest BCUT2D eigenvalue weighted by atomic mass is 10.2. The summed E-state index contributed by atoms with van der Waals surface area (Å²) in [7, 11) is 1.60. The Morgan fingerprint density at radius 3 is 2.76 bits per heavy atom. The highest BCUT2D eigenvalue weighted by Crippen LogP contribution is 2.07. The summed E-state index contributed by atoms with van der Waals surface area (Å²) in [6, 6.07) is 9.42. The van der Waals surface area contributed by atoms with Crippen molar-refractivity contribution in [3.8, 4) is 5.88 Å². The molecule has 0 amide bonds. The van der Waals surface area contributed by atoms with Crippen LogP contribution >= 0.6 is 35.6 Å². The lowest BCUT2D eigenvalue weighted by Gasteiger charge is -2.11. The Kier molecular flexibility index (Phi) is 10.2. The number of guanidine groups is 1. The second-order valence-electron chi connectivity index (χ2n) is 5.03. The zero-order valence-electron chi connectivity index (χ0n) is 14.3. The van der Waals surface area contributed by atoms with Crippen LogP contribution in [0.2, 0.25) is 5.15 Å². The summed E-state index contributed by atoms with van der Waals surface area (Å²) in [5.74, 6) is 1.35. The highest BCUT2D eigenvalue weighted by molar-refractivity contribution is 14.0. The maximum Gasteiger partial charge on any atom is 0.213 e. The standard InChI is InChI=1S/C17H22ClN5O.HI/c1-3-19-17(20-10-9-13-7-8-15(18)21-11-13)22-12-14-5-4-6-16(23-14)24-2;/h4-8,11H,3,9-10,12H2,1-2H3,(H2,19,20,22);1H. The molecule has 2 heterocycles. The molecule has 0 spiro atoms. The summed E-state index contributed by atoms with van der Waals surface area (Å²) in [4.78, 5) is 13.0.